The van der Waals surface area contributed by atoms with E-state index in [0.717, 1.165) is 12.1 Å². The van der Waals surface area contributed by atoms with Crippen LogP contribution in [0.3, 0.4) is 0 Å². The number of rotatable bonds is 5. The Kier molecular flexibility index (Phi) is 5.17. The molecule has 0 spiro atoms. The second-order valence-electron chi connectivity index (χ2n) is 3.93. The molecular weight excluding hydrogens is 261 g/mol. The largest absolute Gasteiger partial charge is 0.481 e. The van der Waals surface area contributed by atoms with Gasteiger partial charge in [-0.15, -0.1) is 0 Å². The van der Waals surface area contributed by atoms with E-state index >= 15 is 0 Å². The minimum Gasteiger partial charge on any atom is -0.481 e. The topological polar surface area (TPSA) is 64.3 Å². The summed E-state index contributed by atoms with van der Waals surface area (Å²) in [6.45, 7) is 1.83. The molecule has 0 heterocycles. The molecule has 0 fully saturated rings. The molecule has 1 amide bonds. The summed E-state index contributed by atoms with van der Waals surface area (Å²) < 4.78 is 42.8. The van der Waals surface area contributed by atoms with E-state index in [0.29, 0.717) is 12.8 Å². The Morgan fingerprint density at radius 2 is 2.16 bits per heavy atom. The van der Waals surface area contributed by atoms with E-state index in [9.17, 15) is 18.0 Å². The number of hydrogen-bond donors (Lipinski definition) is 2. The highest BCUT2D eigenvalue weighted by Gasteiger charge is 2.31. The molecule has 1 rings (SSSR count). The van der Waals surface area contributed by atoms with Crippen molar-refractivity contribution >= 4 is 5.91 Å². The van der Waals surface area contributed by atoms with Gasteiger partial charge in [-0.05, 0) is 24.6 Å². The third-order valence-corrected chi connectivity index (χ3v) is 2.43. The number of carbonyl (C=O) groups is 1. The van der Waals surface area contributed by atoms with Crippen molar-refractivity contribution in [2.24, 2.45) is 5.84 Å². The van der Waals surface area contributed by atoms with E-state index in [4.69, 9.17) is 10.6 Å². The molecule has 106 valence electrons. The van der Waals surface area contributed by atoms with E-state index in [2.05, 4.69) is 0 Å². The van der Waals surface area contributed by atoms with Gasteiger partial charge in [-0.2, -0.15) is 13.2 Å². The predicted octanol–water partition coefficient (Wildman–Crippen LogP) is 2.24. The van der Waals surface area contributed by atoms with Gasteiger partial charge in [0.05, 0.1) is 5.56 Å². The number of halogens is 3. The van der Waals surface area contributed by atoms with Gasteiger partial charge in [0.25, 0.3) is 5.91 Å². The fourth-order valence-corrected chi connectivity index (χ4v) is 1.51. The lowest BCUT2D eigenvalue weighted by Gasteiger charge is -2.17. The van der Waals surface area contributed by atoms with E-state index in [1.54, 1.807) is 0 Å². The van der Waals surface area contributed by atoms with Crippen LogP contribution in [-0.2, 0) is 11.0 Å². The van der Waals surface area contributed by atoms with Crippen molar-refractivity contribution in [1.82, 2.24) is 5.43 Å². The summed E-state index contributed by atoms with van der Waals surface area (Å²) in [5.74, 6) is 4.41. The monoisotopic (exact) mass is 276 g/mol. The van der Waals surface area contributed by atoms with Crippen molar-refractivity contribution in [2.75, 3.05) is 0 Å². The first-order chi connectivity index (χ1) is 8.88. The maximum atomic E-state index is 12.5. The summed E-state index contributed by atoms with van der Waals surface area (Å²) >= 11 is 0. The molecule has 0 saturated heterocycles. The van der Waals surface area contributed by atoms with E-state index in [1.807, 2.05) is 12.3 Å². The molecule has 1 aromatic rings. The Bertz CT molecular complexity index is 435. The van der Waals surface area contributed by atoms with Gasteiger partial charge in [0, 0.05) is 0 Å². The molecule has 19 heavy (non-hydrogen) atoms. The second-order valence-corrected chi connectivity index (χ2v) is 3.93. The van der Waals surface area contributed by atoms with E-state index in [-0.39, 0.29) is 5.75 Å². The summed E-state index contributed by atoms with van der Waals surface area (Å²) in [7, 11) is 0. The molecule has 0 aliphatic rings. The van der Waals surface area contributed by atoms with Crippen LogP contribution < -0.4 is 16.0 Å². The number of amides is 1. The minimum atomic E-state index is -4.45. The Balaban J connectivity index is 2.88. The standard InChI is InChI=1S/C12H15F3N2O2/c1-2-4-10(11(18)17-16)19-9-6-3-5-8(7-9)12(13,14)15/h3,5-7,10H,2,4,16H2,1H3,(H,17,18). The van der Waals surface area contributed by atoms with E-state index in [1.165, 1.54) is 12.1 Å². The third kappa shape index (κ3) is 4.44. The van der Waals surface area contributed by atoms with Crippen LogP contribution >= 0.6 is 0 Å². The van der Waals surface area contributed by atoms with E-state index < -0.39 is 23.8 Å². The molecule has 0 saturated carbocycles. The first-order valence-corrected chi connectivity index (χ1v) is 5.72. The smallest absolute Gasteiger partial charge is 0.416 e. The zero-order valence-electron chi connectivity index (χ0n) is 10.3. The zero-order chi connectivity index (χ0) is 14.5. The lowest BCUT2D eigenvalue weighted by Crippen LogP contribution is -2.42. The van der Waals surface area contributed by atoms with Crippen LogP contribution in [0, 0.1) is 0 Å². The van der Waals surface area contributed by atoms with Gasteiger partial charge >= 0.3 is 6.18 Å². The van der Waals surface area contributed by atoms with Gasteiger partial charge < -0.3 is 4.74 Å². The van der Waals surface area contributed by atoms with Crippen LogP contribution in [0.1, 0.15) is 25.3 Å². The SMILES string of the molecule is CCCC(Oc1cccc(C(F)(F)F)c1)C(=O)NN. The quantitative estimate of drug-likeness (QED) is 0.492. The second kappa shape index (κ2) is 6.42. The van der Waals surface area contributed by atoms with Crippen molar-refractivity contribution in [3.05, 3.63) is 29.8 Å². The van der Waals surface area contributed by atoms with Crippen LogP contribution in [0.4, 0.5) is 13.2 Å². The number of carbonyl (C=O) groups excluding carboxylic acids is 1. The summed E-state index contributed by atoms with van der Waals surface area (Å²) in [6.07, 6.45) is -4.36. The van der Waals surface area contributed by atoms with Gasteiger partial charge in [-0.3, -0.25) is 10.2 Å². The average Bonchev–Trinajstić information content (AvgIpc) is 2.36. The number of hydrazine groups is 1. The van der Waals surface area contributed by atoms with Crippen LogP contribution in [-0.4, -0.2) is 12.0 Å². The van der Waals surface area contributed by atoms with Gasteiger partial charge in [-0.25, -0.2) is 5.84 Å². The Morgan fingerprint density at radius 1 is 1.47 bits per heavy atom. The molecule has 7 heteroatoms. The van der Waals surface area contributed by atoms with Crippen molar-refractivity contribution in [3.63, 3.8) is 0 Å². The molecule has 3 N–H and O–H groups in total. The molecule has 4 nitrogen and oxygen atoms in total. The number of alkyl halides is 3. The Morgan fingerprint density at radius 3 is 2.68 bits per heavy atom. The van der Waals surface area contributed by atoms with Crippen molar-refractivity contribution in [2.45, 2.75) is 32.0 Å². The number of nitrogens with one attached hydrogen (secondary N) is 1. The average molecular weight is 276 g/mol. The molecule has 0 aliphatic heterocycles. The number of nitrogens with two attached hydrogens (primary N) is 1. The van der Waals surface area contributed by atoms with Crippen molar-refractivity contribution in [1.29, 1.82) is 0 Å². The molecule has 1 atom stereocenters. The number of ether oxygens (including phenoxy) is 1. The zero-order valence-corrected chi connectivity index (χ0v) is 10.3. The third-order valence-electron chi connectivity index (χ3n) is 2.43. The lowest BCUT2D eigenvalue weighted by molar-refractivity contribution is -0.137. The summed E-state index contributed by atoms with van der Waals surface area (Å²) in [5, 5.41) is 0. The molecule has 0 aromatic heterocycles. The van der Waals surface area contributed by atoms with Gasteiger partial charge in [-0.1, -0.05) is 19.4 Å². The molecular formula is C12H15F3N2O2. The minimum absolute atomic E-state index is 0.0168. The van der Waals surface area contributed by atoms with Crippen LogP contribution in [0.15, 0.2) is 24.3 Å². The Hall–Kier alpha value is -1.76. The van der Waals surface area contributed by atoms with Gasteiger partial charge in [0.15, 0.2) is 6.10 Å². The first kappa shape index (κ1) is 15.3. The maximum Gasteiger partial charge on any atom is 0.416 e. The maximum absolute atomic E-state index is 12.5. The fraction of sp³-hybridized carbons (Fsp3) is 0.417. The summed E-state index contributed by atoms with van der Waals surface area (Å²) in [4.78, 5) is 11.4. The van der Waals surface area contributed by atoms with Crippen LogP contribution in [0.2, 0.25) is 0 Å². The highest BCUT2D eigenvalue weighted by molar-refractivity contribution is 5.80. The number of benzene rings is 1. The molecule has 1 unspecified atom stereocenters. The molecule has 0 bridgehead atoms. The Labute approximate surface area is 108 Å². The van der Waals surface area contributed by atoms with Gasteiger partial charge in [0.2, 0.25) is 0 Å². The highest BCUT2D eigenvalue weighted by atomic mass is 19.4. The fourth-order valence-electron chi connectivity index (χ4n) is 1.51. The number of hydrogen-bond acceptors (Lipinski definition) is 3. The lowest BCUT2D eigenvalue weighted by atomic mass is 10.2. The van der Waals surface area contributed by atoms with Crippen LogP contribution in [0.5, 0.6) is 5.75 Å². The first-order valence-electron chi connectivity index (χ1n) is 5.72. The highest BCUT2D eigenvalue weighted by Crippen LogP contribution is 2.31. The summed E-state index contributed by atoms with van der Waals surface area (Å²) in [5.41, 5.74) is 1.10. The summed E-state index contributed by atoms with van der Waals surface area (Å²) in [6, 6.07) is 4.38. The van der Waals surface area contributed by atoms with Crippen LogP contribution in [0.25, 0.3) is 0 Å². The van der Waals surface area contributed by atoms with Crippen molar-refractivity contribution < 1.29 is 22.7 Å². The normalized spacial score (nSPS) is 12.9. The molecule has 0 radical (unpaired) electrons. The van der Waals surface area contributed by atoms with Gasteiger partial charge in [0.1, 0.15) is 5.75 Å². The predicted molar refractivity (Wildman–Crippen MR) is 63.1 cm³/mol. The molecule has 1 aromatic carbocycles. The molecule has 0 aliphatic carbocycles. The van der Waals surface area contributed by atoms with Crippen molar-refractivity contribution in [3.8, 4) is 5.75 Å².